The second kappa shape index (κ2) is 9.15. The summed E-state index contributed by atoms with van der Waals surface area (Å²) in [6.07, 6.45) is 3.51. The Labute approximate surface area is 194 Å². The summed E-state index contributed by atoms with van der Waals surface area (Å²) < 4.78 is 5.39. The van der Waals surface area contributed by atoms with Gasteiger partial charge in [0.25, 0.3) is 11.8 Å². The van der Waals surface area contributed by atoms with Crippen LogP contribution in [-0.4, -0.2) is 61.1 Å². The van der Waals surface area contributed by atoms with Gasteiger partial charge in [0.2, 0.25) is 0 Å². The van der Waals surface area contributed by atoms with Crippen LogP contribution in [0.1, 0.15) is 57.7 Å². The number of carbonyl (C=O) groups is 2. The van der Waals surface area contributed by atoms with E-state index in [2.05, 4.69) is 26.6 Å². The molecule has 2 aliphatic heterocycles. The summed E-state index contributed by atoms with van der Waals surface area (Å²) in [6.45, 7) is 9.13. The van der Waals surface area contributed by atoms with Crippen molar-refractivity contribution in [2.75, 3.05) is 44.7 Å². The van der Waals surface area contributed by atoms with Gasteiger partial charge in [-0.2, -0.15) is 0 Å². The highest BCUT2D eigenvalue weighted by Crippen LogP contribution is 2.43. The summed E-state index contributed by atoms with van der Waals surface area (Å²) in [5, 5.41) is 6.13. The highest BCUT2D eigenvalue weighted by molar-refractivity contribution is 6.37. The number of benzene rings is 1. The van der Waals surface area contributed by atoms with E-state index in [1.807, 2.05) is 26.0 Å². The molecule has 0 saturated carbocycles. The maximum absolute atomic E-state index is 13.1. The molecule has 0 atom stereocenters. The number of aromatic nitrogens is 1. The Morgan fingerprint density at radius 2 is 2.00 bits per heavy atom. The number of fused-ring (bicyclic) bond motifs is 2. The van der Waals surface area contributed by atoms with Crippen molar-refractivity contribution < 1.29 is 14.3 Å². The van der Waals surface area contributed by atoms with Crippen molar-refractivity contribution in [3.05, 3.63) is 51.8 Å². The molecule has 0 bridgehead atoms. The van der Waals surface area contributed by atoms with Gasteiger partial charge in [-0.15, -0.1) is 0 Å². The molecule has 33 heavy (non-hydrogen) atoms. The van der Waals surface area contributed by atoms with Crippen LogP contribution in [0.15, 0.2) is 18.2 Å². The lowest BCUT2D eigenvalue weighted by Crippen LogP contribution is -2.38. The van der Waals surface area contributed by atoms with Crippen LogP contribution in [0.3, 0.4) is 0 Å². The summed E-state index contributed by atoms with van der Waals surface area (Å²) >= 11 is 0. The molecular weight excluding hydrogens is 416 g/mol. The molecular formula is C26H32N4O3. The minimum absolute atomic E-state index is 0.0228. The van der Waals surface area contributed by atoms with Gasteiger partial charge < -0.3 is 20.4 Å². The smallest absolute Gasteiger partial charge is 0.256 e. The Morgan fingerprint density at radius 1 is 1.18 bits per heavy atom. The first-order valence-electron chi connectivity index (χ1n) is 12.0. The number of hydrogen-bond acceptors (Lipinski definition) is 4. The Kier molecular flexibility index (Phi) is 6.08. The number of carbonyl (C=O) groups excluding carboxylic acids is 2. The molecule has 1 aromatic carbocycles. The van der Waals surface area contributed by atoms with Crippen molar-refractivity contribution in [2.24, 2.45) is 0 Å². The van der Waals surface area contributed by atoms with E-state index in [1.165, 1.54) is 0 Å². The Bertz CT molecular complexity index is 1120. The zero-order valence-electron chi connectivity index (χ0n) is 19.5. The van der Waals surface area contributed by atoms with E-state index in [0.29, 0.717) is 6.54 Å². The first-order valence-corrected chi connectivity index (χ1v) is 12.0. The van der Waals surface area contributed by atoms with Crippen LogP contribution in [0, 0.1) is 13.8 Å². The largest absolute Gasteiger partial charge is 0.379 e. The molecule has 1 saturated heterocycles. The Balaban J connectivity index is 1.37. The lowest BCUT2D eigenvalue weighted by Gasteiger charge is -2.26. The zero-order valence-corrected chi connectivity index (χ0v) is 19.5. The van der Waals surface area contributed by atoms with Gasteiger partial charge in [0, 0.05) is 42.3 Å². The summed E-state index contributed by atoms with van der Waals surface area (Å²) in [6, 6.07) is 6.05. The molecule has 2 aromatic rings. The standard InChI is InChI=1S/C26H32N4O3/c1-16-7-8-21-20(15-16)23(26(32)29-21)19-6-3-5-18-22(17(2)28-24(18)19)25(31)27-9-4-10-30-11-13-33-14-12-30/h7-8,15,28H,3-6,9-14H2,1-2H3,(H,27,31)(H,29,32). The second-order valence-corrected chi connectivity index (χ2v) is 9.25. The summed E-state index contributed by atoms with van der Waals surface area (Å²) in [5.74, 6) is -0.0786. The highest BCUT2D eigenvalue weighted by Gasteiger charge is 2.33. The fourth-order valence-corrected chi connectivity index (χ4v) is 5.31. The predicted octanol–water partition coefficient (Wildman–Crippen LogP) is 3.28. The van der Waals surface area contributed by atoms with E-state index < -0.39 is 0 Å². The summed E-state index contributed by atoms with van der Waals surface area (Å²) in [7, 11) is 0. The molecule has 0 radical (unpaired) electrons. The Hall–Kier alpha value is -2.90. The molecule has 2 amide bonds. The van der Waals surface area contributed by atoms with Gasteiger partial charge in [-0.25, -0.2) is 0 Å². The lowest BCUT2D eigenvalue weighted by molar-refractivity contribution is -0.110. The van der Waals surface area contributed by atoms with Crippen LogP contribution in [0.2, 0.25) is 0 Å². The maximum atomic E-state index is 13.1. The second-order valence-electron chi connectivity index (χ2n) is 9.25. The van der Waals surface area contributed by atoms with E-state index in [9.17, 15) is 9.59 Å². The summed E-state index contributed by atoms with van der Waals surface area (Å²) in [4.78, 5) is 31.9. The normalized spacial score (nSPS) is 20.4. The van der Waals surface area contributed by atoms with Crippen LogP contribution >= 0.6 is 0 Å². The molecule has 174 valence electrons. The quantitative estimate of drug-likeness (QED) is 0.484. The molecule has 1 aromatic heterocycles. The summed E-state index contributed by atoms with van der Waals surface area (Å²) in [5.41, 5.74) is 8.33. The molecule has 1 fully saturated rings. The van der Waals surface area contributed by atoms with Gasteiger partial charge >= 0.3 is 0 Å². The van der Waals surface area contributed by atoms with Crippen molar-refractivity contribution >= 4 is 28.6 Å². The van der Waals surface area contributed by atoms with Gasteiger partial charge in [-0.05, 0) is 69.3 Å². The van der Waals surface area contributed by atoms with Crippen LogP contribution in [0.4, 0.5) is 5.69 Å². The number of aryl methyl sites for hydroxylation is 2. The number of amides is 2. The Morgan fingerprint density at radius 3 is 2.82 bits per heavy atom. The maximum Gasteiger partial charge on any atom is 0.256 e. The number of aromatic amines is 1. The topological polar surface area (TPSA) is 86.5 Å². The lowest BCUT2D eigenvalue weighted by atomic mass is 9.85. The molecule has 3 aliphatic rings. The third-order valence-electron chi connectivity index (χ3n) is 6.94. The molecule has 0 unspecified atom stereocenters. The number of H-pyrrole nitrogens is 1. The molecule has 7 nitrogen and oxygen atoms in total. The van der Waals surface area contributed by atoms with Crippen LogP contribution in [-0.2, 0) is 16.0 Å². The number of ether oxygens (including phenoxy) is 1. The predicted molar refractivity (Wildman–Crippen MR) is 129 cm³/mol. The first kappa shape index (κ1) is 21.9. The van der Waals surface area contributed by atoms with Crippen molar-refractivity contribution in [1.82, 2.24) is 15.2 Å². The average molecular weight is 449 g/mol. The van der Waals surface area contributed by atoms with Gasteiger partial charge in [0.1, 0.15) is 0 Å². The number of hydrogen-bond donors (Lipinski definition) is 3. The molecule has 7 heteroatoms. The van der Waals surface area contributed by atoms with Crippen molar-refractivity contribution in [2.45, 2.75) is 39.5 Å². The number of nitrogens with one attached hydrogen (secondary N) is 3. The van der Waals surface area contributed by atoms with Crippen LogP contribution in [0.5, 0.6) is 0 Å². The SMILES string of the molecule is Cc1ccc2c(c1)C(=C1CCCc3c1[nH]c(C)c3C(=O)NCCCN1CCOCC1)C(=O)N2. The number of rotatable bonds is 5. The van der Waals surface area contributed by atoms with E-state index in [4.69, 9.17) is 4.74 Å². The molecule has 1 aliphatic carbocycles. The first-order chi connectivity index (χ1) is 16.0. The molecule has 5 rings (SSSR count). The van der Waals surface area contributed by atoms with Gasteiger partial charge in [-0.1, -0.05) is 11.6 Å². The molecule has 0 spiro atoms. The van der Waals surface area contributed by atoms with E-state index in [0.717, 1.165) is 109 Å². The number of nitrogens with zero attached hydrogens (tertiary/aromatic N) is 1. The number of allylic oxidation sites excluding steroid dienone is 1. The van der Waals surface area contributed by atoms with Gasteiger partial charge in [-0.3, -0.25) is 14.5 Å². The minimum Gasteiger partial charge on any atom is -0.379 e. The third kappa shape index (κ3) is 4.23. The number of anilines is 1. The average Bonchev–Trinajstić information content (AvgIpc) is 3.32. The van der Waals surface area contributed by atoms with E-state index >= 15 is 0 Å². The van der Waals surface area contributed by atoms with Crippen LogP contribution < -0.4 is 10.6 Å². The van der Waals surface area contributed by atoms with Crippen molar-refractivity contribution in [1.29, 1.82) is 0 Å². The van der Waals surface area contributed by atoms with E-state index in [-0.39, 0.29) is 11.8 Å². The molecule has 3 heterocycles. The van der Waals surface area contributed by atoms with E-state index in [1.54, 1.807) is 0 Å². The number of morpholine rings is 1. The molecule has 3 N–H and O–H groups in total. The van der Waals surface area contributed by atoms with Crippen LogP contribution in [0.25, 0.3) is 11.1 Å². The highest BCUT2D eigenvalue weighted by atomic mass is 16.5. The fourth-order valence-electron chi connectivity index (χ4n) is 5.31. The zero-order chi connectivity index (χ0) is 22.9. The third-order valence-corrected chi connectivity index (χ3v) is 6.94. The monoisotopic (exact) mass is 448 g/mol. The van der Waals surface area contributed by atoms with Crippen molar-refractivity contribution in [3.8, 4) is 0 Å². The minimum atomic E-state index is -0.0557. The van der Waals surface area contributed by atoms with Crippen molar-refractivity contribution in [3.63, 3.8) is 0 Å². The van der Waals surface area contributed by atoms with Gasteiger partial charge in [0.15, 0.2) is 0 Å². The van der Waals surface area contributed by atoms with Gasteiger partial charge in [0.05, 0.1) is 24.4 Å². The fraction of sp³-hybridized carbons (Fsp3) is 0.462.